The summed E-state index contributed by atoms with van der Waals surface area (Å²) in [7, 11) is 0. The van der Waals surface area contributed by atoms with Gasteiger partial charge >= 0.3 is 0 Å². The fourth-order valence-corrected chi connectivity index (χ4v) is 3.86. The first-order valence-electron chi connectivity index (χ1n) is 11.2. The number of pyridine rings is 1. The summed E-state index contributed by atoms with van der Waals surface area (Å²) in [6.45, 7) is 4.08. The zero-order chi connectivity index (χ0) is 23.5. The number of ether oxygens (including phenoxy) is 1. The van der Waals surface area contributed by atoms with Crippen LogP contribution in [0.5, 0.6) is 11.5 Å². The van der Waals surface area contributed by atoms with Gasteiger partial charge in [0.05, 0.1) is 16.8 Å². The minimum Gasteiger partial charge on any atom is -0.457 e. The maximum absolute atomic E-state index is 13.3. The van der Waals surface area contributed by atoms with Crippen LogP contribution >= 0.6 is 0 Å². The average Bonchev–Trinajstić information content (AvgIpc) is 2.85. The average molecular weight is 445 g/mol. The van der Waals surface area contributed by atoms with Crippen molar-refractivity contribution in [1.82, 2.24) is 4.98 Å². The summed E-state index contributed by atoms with van der Waals surface area (Å²) in [5.74, 6) is 1.31. The van der Waals surface area contributed by atoms with Crippen LogP contribution in [0.15, 0.2) is 103 Å². The third kappa shape index (κ3) is 4.66. The lowest BCUT2D eigenvalue weighted by molar-refractivity contribution is 0.102. The van der Waals surface area contributed by atoms with Gasteiger partial charge in [-0.2, -0.15) is 0 Å². The molecule has 1 aromatic heterocycles. The van der Waals surface area contributed by atoms with E-state index in [4.69, 9.17) is 9.72 Å². The second kappa shape index (κ2) is 9.20. The minimum atomic E-state index is -0.181. The van der Waals surface area contributed by atoms with Crippen molar-refractivity contribution in [2.75, 3.05) is 5.32 Å². The SMILES string of the molecule is Cc1ccc(-c2cc(C(=O)Nc3ccc(Oc4cccc(C)c4)cc3)c3ccccc3n2)cc1. The number of aryl methyl sites for hydroxylation is 2. The van der Waals surface area contributed by atoms with Gasteiger partial charge in [0.1, 0.15) is 11.5 Å². The number of aromatic nitrogens is 1. The van der Waals surface area contributed by atoms with Crippen LogP contribution in [0, 0.1) is 13.8 Å². The number of hydrogen-bond donors (Lipinski definition) is 1. The largest absolute Gasteiger partial charge is 0.457 e. The summed E-state index contributed by atoms with van der Waals surface area (Å²) in [5, 5.41) is 3.83. The molecule has 1 heterocycles. The van der Waals surface area contributed by atoms with Crippen molar-refractivity contribution in [2.45, 2.75) is 13.8 Å². The van der Waals surface area contributed by atoms with Crippen LogP contribution in [0.2, 0.25) is 0 Å². The van der Waals surface area contributed by atoms with Gasteiger partial charge in [0.15, 0.2) is 0 Å². The highest BCUT2D eigenvalue weighted by Crippen LogP contribution is 2.27. The normalized spacial score (nSPS) is 10.8. The van der Waals surface area contributed by atoms with E-state index < -0.39 is 0 Å². The van der Waals surface area contributed by atoms with Gasteiger partial charge in [0.25, 0.3) is 5.91 Å². The molecular weight excluding hydrogens is 420 g/mol. The number of carbonyl (C=O) groups excluding carboxylic acids is 1. The van der Waals surface area contributed by atoms with Crippen molar-refractivity contribution in [3.63, 3.8) is 0 Å². The Labute approximate surface area is 198 Å². The summed E-state index contributed by atoms with van der Waals surface area (Å²) in [6, 6.07) is 33.0. The molecule has 34 heavy (non-hydrogen) atoms. The van der Waals surface area contributed by atoms with E-state index in [0.29, 0.717) is 17.0 Å². The molecule has 0 bridgehead atoms. The number of fused-ring (bicyclic) bond motifs is 1. The number of amides is 1. The monoisotopic (exact) mass is 444 g/mol. The Hall–Kier alpha value is -4.44. The Morgan fingerprint density at radius 1 is 0.735 bits per heavy atom. The Morgan fingerprint density at radius 3 is 2.26 bits per heavy atom. The second-order valence-electron chi connectivity index (χ2n) is 8.34. The number of carbonyl (C=O) groups is 1. The van der Waals surface area contributed by atoms with Gasteiger partial charge in [0.2, 0.25) is 0 Å². The van der Waals surface area contributed by atoms with Crippen LogP contribution in [0.25, 0.3) is 22.2 Å². The summed E-state index contributed by atoms with van der Waals surface area (Å²) in [4.78, 5) is 18.1. The first-order chi connectivity index (χ1) is 16.5. The fourth-order valence-electron chi connectivity index (χ4n) is 3.86. The van der Waals surface area contributed by atoms with Crippen molar-refractivity contribution in [3.8, 4) is 22.8 Å². The number of nitrogens with one attached hydrogen (secondary N) is 1. The number of anilines is 1. The first-order valence-corrected chi connectivity index (χ1v) is 11.2. The number of hydrogen-bond acceptors (Lipinski definition) is 3. The molecule has 0 radical (unpaired) electrons. The molecule has 1 amide bonds. The van der Waals surface area contributed by atoms with Gasteiger partial charge in [-0.3, -0.25) is 4.79 Å². The summed E-state index contributed by atoms with van der Waals surface area (Å²) >= 11 is 0. The predicted molar refractivity (Wildman–Crippen MR) is 138 cm³/mol. The second-order valence-corrected chi connectivity index (χ2v) is 8.34. The summed E-state index contributed by atoms with van der Waals surface area (Å²) in [5.41, 5.74) is 6.12. The van der Waals surface area contributed by atoms with Gasteiger partial charge in [-0.05, 0) is 67.9 Å². The van der Waals surface area contributed by atoms with E-state index in [1.54, 1.807) is 0 Å². The third-order valence-corrected chi connectivity index (χ3v) is 5.65. The number of nitrogens with zero attached hydrogens (tertiary/aromatic N) is 1. The van der Waals surface area contributed by atoms with Crippen molar-refractivity contribution >= 4 is 22.5 Å². The molecule has 0 atom stereocenters. The summed E-state index contributed by atoms with van der Waals surface area (Å²) < 4.78 is 5.91. The smallest absolute Gasteiger partial charge is 0.256 e. The van der Waals surface area contributed by atoms with E-state index in [1.165, 1.54) is 5.56 Å². The molecule has 0 aliphatic carbocycles. The molecule has 0 aliphatic heterocycles. The van der Waals surface area contributed by atoms with Crippen LogP contribution in [0.3, 0.4) is 0 Å². The van der Waals surface area contributed by atoms with E-state index in [1.807, 2.05) is 117 Å². The van der Waals surface area contributed by atoms with Crippen LogP contribution < -0.4 is 10.1 Å². The molecule has 0 fully saturated rings. The lowest BCUT2D eigenvalue weighted by Gasteiger charge is -2.12. The van der Waals surface area contributed by atoms with Crippen molar-refractivity contribution in [1.29, 1.82) is 0 Å². The highest BCUT2D eigenvalue weighted by atomic mass is 16.5. The van der Waals surface area contributed by atoms with Gasteiger partial charge in [-0.25, -0.2) is 4.98 Å². The maximum Gasteiger partial charge on any atom is 0.256 e. The van der Waals surface area contributed by atoms with Gasteiger partial charge in [0, 0.05) is 16.6 Å². The molecule has 0 saturated heterocycles. The molecule has 0 saturated carbocycles. The van der Waals surface area contributed by atoms with E-state index >= 15 is 0 Å². The first kappa shape index (κ1) is 21.4. The number of rotatable bonds is 5. The predicted octanol–water partition coefficient (Wildman–Crippen LogP) is 7.56. The topological polar surface area (TPSA) is 51.2 Å². The van der Waals surface area contributed by atoms with Crippen molar-refractivity contribution < 1.29 is 9.53 Å². The zero-order valence-electron chi connectivity index (χ0n) is 19.1. The molecule has 0 aliphatic rings. The minimum absolute atomic E-state index is 0.181. The number of benzene rings is 4. The quantitative estimate of drug-likeness (QED) is 0.304. The molecule has 4 heteroatoms. The Bertz CT molecular complexity index is 1470. The Morgan fingerprint density at radius 2 is 1.50 bits per heavy atom. The fraction of sp³-hybridized carbons (Fsp3) is 0.0667. The highest BCUT2D eigenvalue weighted by molar-refractivity contribution is 6.13. The molecular formula is C30H24N2O2. The summed E-state index contributed by atoms with van der Waals surface area (Å²) in [6.07, 6.45) is 0. The van der Waals surface area contributed by atoms with Crippen LogP contribution in [0.1, 0.15) is 21.5 Å². The lowest BCUT2D eigenvalue weighted by Crippen LogP contribution is -2.13. The van der Waals surface area contributed by atoms with E-state index in [-0.39, 0.29) is 5.91 Å². The molecule has 0 unspecified atom stereocenters. The molecule has 5 aromatic rings. The Kier molecular flexibility index (Phi) is 5.79. The van der Waals surface area contributed by atoms with E-state index in [0.717, 1.165) is 33.5 Å². The molecule has 5 rings (SSSR count). The third-order valence-electron chi connectivity index (χ3n) is 5.65. The molecule has 4 aromatic carbocycles. The molecule has 4 nitrogen and oxygen atoms in total. The highest BCUT2D eigenvalue weighted by Gasteiger charge is 2.14. The van der Waals surface area contributed by atoms with Crippen LogP contribution in [-0.4, -0.2) is 10.9 Å². The van der Waals surface area contributed by atoms with Gasteiger partial charge in [-0.15, -0.1) is 0 Å². The lowest BCUT2D eigenvalue weighted by atomic mass is 10.0. The zero-order valence-corrected chi connectivity index (χ0v) is 19.1. The molecule has 166 valence electrons. The van der Waals surface area contributed by atoms with Crippen LogP contribution in [0.4, 0.5) is 5.69 Å². The molecule has 1 N–H and O–H groups in total. The van der Waals surface area contributed by atoms with Gasteiger partial charge in [-0.1, -0.05) is 60.2 Å². The van der Waals surface area contributed by atoms with E-state index in [2.05, 4.69) is 5.32 Å². The van der Waals surface area contributed by atoms with Crippen molar-refractivity contribution in [3.05, 3.63) is 120 Å². The Balaban J connectivity index is 1.41. The van der Waals surface area contributed by atoms with Gasteiger partial charge < -0.3 is 10.1 Å². The number of para-hydroxylation sites is 1. The standard InChI is InChI=1S/C30H24N2O2/c1-20-10-12-22(13-11-20)29-19-27(26-8-3-4-9-28(26)32-29)30(33)31-23-14-16-24(17-15-23)34-25-7-5-6-21(2)18-25/h3-19H,1-2H3,(H,31,33). The van der Waals surface area contributed by atoms with Crippen LogP contribution in [-0.2, 0) is 0 Å². The molecule has 0 spiro atoms. The van der Waals surface area contributed by atoms with Crippen molar-refractivity contribution in [2.24, 2.45) is 0 Å². The van der Waals surface area contributed by atoms with E-state index in [9.17, 15) is 4.79 Å². The maximum atomic E-state index is 13.3.